The van der Waals surface area contributed by atoms with Gasteiger partial charge in [0.1, 0.15) is 10.8 Å². The van der Waals surface area contributed by atoms with Gasteiger partial charge in [-0.25, -0.2) is 9.59 Å². The van der Waals surface area contributed by atoms with E-state index in [2.05, 4.69) is 10.6 Å². The molecule has 0 radical (unpaired) electrons. The first-order valence-electron chi connectivity index (χ1n) is 11.8. The van der Waals surface area contributed by atoms with Gasteiger partial charge in [0, 0.05) is 17.1 Å². The summed E-state index contributed by atoms with van der Waals surface area (Å²) in [6.45, 7) is 3.79. The van der Waals surface area contributed by atoms with Crippen LogP contribution in [0.3, 0.4) is 0 Å². The van der Waals surface area contributed by atoms with E-state index in [1.54, 1.807) is 44.2 Å². The van der Waals surface area contributed by atoms with Crippen molar-refractivity contribution < 1.29 is 33.4 Å². The van der Waals surface area contributed by atoms with Gasteiger partial charge < -0.3 is 24.8 Å². The van der Waals surface area contributed by atoms with E-state index in [0.717, 1.165) is 11.3 Å². The first-order valence-corrected chi connectivity index (χ1v) is 13.4. The second-order valence-corrected chi connectivity index (χ2v) is 9.94. The largest absolute Gasteiger partial charge is 0.492 e. The number of hydrogen-bond acceptors (Lipinski definition) is 8. The van der Waals surface area contributed by atoms with Crippen molar-refractivity contribution in [1.82, 2.24) is 0 Å². The SMILES string of the molecule is CCOC(=O)c1ccc(NC(=O)c2sc(NC(=O)CCCOc3ccc(Cl)cc3Cl)c(C(=O)OC)c2C)cc1. The van der Waals surface area contributed by atoms with Crippen LogP contribution in [0.1, 0.15) is 55.7 Å². The number of halogens is 2. The quantitative estimate of drug-likeness (QED) is 0.196. The van der Waals surface area contributed by atoms with Crippen molar-refractivity contribution in [3.8, 4) is 5.75 Å². The molecule has 2 N–H and O–H groups in total. The fraction of sp³-hybridized carbons (Fsp3) is 0.259. The highest BCUT2D eigenvalue weighted by Crippen LogP contribution is 2.34. The first-order chi connectivity index (χ1) is 18.6. The van der Waals surface area contributed by atoms with Crippen LogP contribution in [0.4, 0.5) is 10.7 Å². The molecule has 0 spiro atoms. The van der Waals surface area contributed by atoms with Gasteiger partial charge in [-0.3, -0.25) is 9.59 Å². The lowest BCUT2D eigenvalue weighted by atomic mass is 10.1. The Bertz CT molecular complexity index is 1370. The molecule has 206 valence electrons. The molecule has 0 atom stereocenters. The summed E-state index contributed by atoms with van der Waals surface area (Å²) >= 11 is 12.9. The van der Waals surface area contributed by atoms with E-state index in [-0.39, 0.29) is 41.0 Å². The van der Waals surface area contributed by atoms with Crippen LogP contribution in [-0.4, -0.2) is 44.1 Å². The van der Waals surface area contributed by atoms with Crippen LogP contribution in [0.15, 0.2) is 42.5 Å². The minimum atomic E-state index is -0.683. The molecule has 0 saturated heterocycles. The molecule has 3 aromatic rings. The smallest absolute Gasteiger partial charge is 0.341 e. The van der Waals surface area contributed by atoms with Crippen LogP contribution in [0.25, 0.3) is 0 Å². The van der Waals surface area contributed by atoms with Gasteiger partial charge in [-0.1, -0.05) is 23.2 Å². The van der Waals surface area contributed by atoms with Crippen LogP contribution >= 0.6 is 34.5 Å². The molecule has 12 heteroatoms. The van der Waals surface area contributed by atoms with Crippen LogP contribution in [-0.2, 0) is 14.3 Å². The average molecular weight is 593 g/mol. The van der Waals surface area contributed by atoms with Crippen molar-refractivity contribution in [2.24, 2.45) is 0 Å². The van der Waals surface area contributed by atoms with E-state index in [0.29, 0.717) is 39.0 Å². The molecule has 3 rings (SSSR count). The lowest BCUT2D eigenvalue weighted by Crippen LogP contribution is -2.15. The summed E-state index contributed by atoms with van der Waals surface area (Å²) in [5.41, 5.74) is 1.25. The van der Waals surface area contributed by atoms with Gasteiger partial charge in [0.15, 0.2) is 0 Å². The number of rotatable bonds is 11. The van der Waals surface area contributed by atoms with E-state index >= 15 is 0 Å². The Labute approximate surface area is 239 Å². The molecule has 0 aliphatic carbocycles. The lowest BCUT2D eigenvalue weighted by molar-refractivity contribution is -0.116. The molecule has 9 nitrogen and oxygen atoms in total. The number of hydrogen-bond donors (Lipinski definition) is 2. The molecule has 0 aliphatic rings. The van der Waals surface area contributed by atoms with Gasteiger partial charge in [-0.2, -0.15) is 0 Å². The zero-order valence-electron chi connectivity index (χ0n) is 21.4. The van der Waals surface area contributed by atoms with E-state index in [1.165, 1.54) is 19.2 Å². The summed E-state index contributed by atoms with van der Waals surface area (Å²) in [6, 6.07) is 11.0. The predicted molar refractivity (Wildman–Crippen MR) is 151 cm³/mol. The summed E-state index contributed by atoms with van der Waals surface area (Å²) in [4.78, 5) is 50.2. The van der Waals surface area contributed by atoms with Gasteiger partial charge >= 0.3 is 11.9 Å². The fourth-order valence-electron chi connectivity index (χ4n) is 3.45. The molecule has 1 aromatic heterocycles. The highest BCUT2D eigenvalue weighted by Gasteiger charge is 2.26. The van der Waals surface area contributed by atoms with Gasteiger partial charge in [0.25, 0.3) is 5.91 Å². The molecule has 2 amide bonds. The maximum absolute atomic E-state index is 13.0. The van der Waals surface area contributed by atoms with Gasteiger partial charge in [0.2, 0.25) is 5.91 Å². The number of thiophene rings is 1. The van der Waals surface area contributed by atoms with E-state index in [1.807, 2.05) is 0 Å². The summed E-state index contributed by atoms with van der Waals surface area (Å²) < 4.78 is 15.4. The summed E-state index contributed by atoms with van der Waals surface area (Å²) in [7, 11) is 1.22. The second kappa shape index (κ2) is 14.0. The molecule has 0 unspecified atom stereocenters. The molecule has 0 bridgehead atoms. The van der Waals surface area contributed by atoms with Crippen molar-refractivity contribution >= 4 is 69.0 Å². The molecular formula is C27H26Cl2N2O7S. The number of methoxy groups -OCH3 is 1. The Morgan fingerprint density at radius 1 is 0.974 bits per heavy atom. The van der Waals surface area contributed by atoms with Gasteiger partial charge in [0.05, 0.1) is 41.4 Å². The number of benzene rings is 2. The Morgan fingerprint density at radius 2 is 1.69 bits per heavy atom. The Morgan fingerprint density at radius 3 is 2.33 bits per heavy atom. The molecular weight excluding hydrogens is 567 g/mol. The van der Waals surface area contributed by atoms with E-state index in [9.17, 15) is 19.2 Å². The maximum Gasteiger partial charge on any atom is 0.341 e. The van der Waals surface area contributed by atoms with Crippen molar-refractivity contribution in [3.63, 3.8) is 0 Å². The molecule has 0 aliphatic heterocycles. The third-order valence-corrected chi connectivity index (χ3v) is 7.09. The lowest BCUT2D eigenvalue weighted by Gasteiger charge is -2.09. The van der Waals surface area contributed by atoms with Crippen molar-refractivity contribution in [2.75, 3.05) is 31.0 Å². The van der Waals surface area contributed by atoms with Crippen molar-refractivity contribution in [2.45, 2.75) is 26.7 Å². The number of nitrogens with one attached hydrogen (secondary N) is 2. The fourth-order valence-corrected chi connectivity index (χ4v) is 5.02. The Kier molecular flexibility index (Phi) is 10.7. The zero-order valence-corrected chi connectivity index (χ0v) is 23.7. The molecule has 39 heavy (non-hydrogen) atoms. The second-order valence-electron chi connectivity index (χ2n) is 8.08. The van der Waals surface area contributed by atoms with Crippen LogP contribution < -0.4 is 15.4 Å². The Hall–Kier alpha value is -3.60. The minimum absolute atomic E-state index is 0.0944. The summed E-state index contributed by atoms with van der Waals surface area (Å²) in [5.74, 6) is -1.55. The predicted octanol–water partition coefficient (Wildman–Crippen LogP) is 6.38. The number of anilines is 2. The molecule has 1 heterocycles. The zero-order chi connectivity index (χ0) is 28.5. The molecule has 0 fully saturated rings. The normalized spacial score (nSPS) is 10.5. The van der Waals surface area contributed by atoms with Crippen LogP contribution in [0, 0.1) is 6.92 Å². The van der Waals surface area contributed by atoms with Crippen LogP contribution in [0.5, 0.6) is 5.75 Å². The average Bonchev–Trinajstić information content (AvgIpc) is 3.23. The van der Waals surface area contributed by atoms with Gasteiger partial charge in [-0.15, -0.1) is 11.3 Å². The third kappa shape index (κ3) is 7.95. The van der Waals surface area contributed by atoms with E-state index in [4.69, 9.17) is 37.4 Å². The maximum atomic E-state index is 13.0. The van der Waals surface area contributed by atoms with Gasteiger partial charge in [-0.05, 0) is 68.3 Å². The molecule has 0 saturated carbocycles. The number of esters is 2. The topological polar surface area (TPSA) is 120 Å². The number of amides is 2. The van der Waals surface area contributed by atoms with E-state index < -0.39 is 17.8 Å². The highest BCUT2D eigenvalue weighted by molar-refractivity contribution is 7.19. The standard InChI is InChI=1S/C27H26Cl2N2O7S/c1-4-37-26(34)16-7-10-18(11-8-16)30-24(33)23-15(2)22(27(35)36-3)25(39-23)31-21(32)6-5-13-38-20-12-9-17(28)14-19(20)29/h7-12,14H,4-6,13H2,1-3H3,(H,30,33)(H,31,32). The van der Waals surface area contributed by atoms with Crippen molar-refractivity contribution in [1.29, 1.82) is 0 Å². The molecule has 2 aromatic carbocycles. The third-order valence-electron chi connectivity index (χ3n) is 5.35. The number of ether oxygens (including phenoxy) is 3. The summed E-state index contributed by atoms with van der Waals surface area (Å²) in [5, 5.41) is 6.49. The van der Waals surface area contributed by atoms with Crippen molar-refractivity contribution in [3.05, 3.63) is 74.1 Å². The Balaban J connectivity index is 1.66. The monoisotopic (exact) mass is 592 g/mol. The van der Waals surface area contributed by atoms with Crippen LogP contribution in [0.2, 0.25) is 10.0 Å². The summed E-state index contributed by atoms with van der Waals surface area (Å²) in [6.07, 6.45) is 0.467. The minimum Gasteiger partial charge on any atom is -0.492 e. The number of carbonyl (C=O) groups excluding carboxylic acids is 4. The number of carbonyl (C=O) groups is 4. The first kappa shape index (κ1) is 29.9. The highest BCUT2D eigenvalue weighted by atomic mass is 35.5.